The molecule has 6 nitrogen and oxygen atoms in total. The predicted octanol–water partition coefficient (Wildman–Crippen LogP) is 0.748. The second-order valence-electron chi connectivity index (χ2n) is 4.76. The lowest BCUT2D eigenvalue weighted by molar-refractivity contribution is 0.122. The van der Waals surface area contributed by atoms with Gasteiger partial charge >= 0.3 is 0 Å². The van der Waals surface area contributed by atoms with E-state index in [1.807, 2.05) is 19.1 Å². The van der Waals surface area contributed by atoms with Gasteiger partial charge in [0.05, 0.1) is 19.0 Å². The van der Waals surface area contributed by atoms with Crippen LogP contribution in [0.1, 0.15) is 18.9 Å². The van der Waals surface area contributed by atoms with E-state index in [0.29, 0.717) is 13.0 Å². The first-order valence-electron chi connectivity index (χ1n) is 6.85. The number of sulfonamides is 1. The number of rotatable bonds is 6. The van der Waals surface area contributed by atoms with E-state index in [1.165, 1.54) is 0 Å². The van der Waals surface area contributed by atoms with Crippen molar-refractivity contribution in [1.29, 1.82) is 0 Å². The summed E-state index contributed by atoms with van der Waals surface area (Å²) in [4.78, 5) is 6.55. The number of ether oxygens (including phenoxy) is 1. The summed E-state index contributed by atoms with van der Waals surface area (Å²) in [5.74, 6) is 1.07. The number of morpholine rings is 1. The molecule has 0 unspecified atom stereocenters. The molecule has 1 aliphatic rings. The van der Waals surface area contributed by atoms with Gasteiger partial charge in [-0.05, 0) is 18.1 Å². The van der Waals surface area contributed by atoms with Crippen LogP contribution in [0.2, 0.25) is 0 Å². The lowest BCUT2D eigenvalue weighted by Crippen LogP contribution is -2.36. The van der Waals surface area contributed by atoms with Gasteiger partial charge in [0, 0.05) is 25.8 Å². The van der Waals surface area contributed by atoms with Crippen LogP contribution in [-0.4, -0.2) is 45.5 Å². The van der Waals surface area contributed by atoms with Gasteiger partial charge in [0.1, 0.15) is 5.82 Å². The molecule has 0 amide bonds. The zero-order valence-electron chi connectivity index (χ0n) is 11.7. The summed E-state index contributed by atoms with van der Waals surface area (Å²) < 4.78 is 31.0. The Hall–Kier alpha value is -1.18. The third kappa shape index (κ3) is 4.43. The third-order valence-electron chi connectivity index (χ3n) is 3.11. The van der Waals surface area contributed by atoms with Gasteiger partial charge < -0.3 is 9.64 Å². The number of nitrogens with zero attached hydrogens (tertiary/aromatic N) is 2. The van der Waals surface area contributed by atoms with Crippen molar-refractivity contribution in [3.05, 3.63) is 23.9 Å². The maximum absolute atomic E-state index is 11.6. The van der Waals surface area contributed by atoms with Gasteiger partial charge in [-0.15, -0.1) is 0 Å². The van der Waals surface area contributed by atoms with Crippen LogP contribution in [0.3, 0.4) is 0 Å². The second kappa shape index (κ2) is 7.01. The van der Waals surface area contributed by atoms with Gasteiger partial charge in [-0.1, -0.05) is 13.0 Å². The first kappa shape index (κ1) is 15.2. The molecule has 0 saturated carbocycles. The number of hydrogen-bond acceptors (Lipinski definition) is 5. The second-order valence-corrected chi connectivity index (χ2v) is 6.69. The molecular weight excluding hydrogens is 278 g/mol. The summed E-state index contributed by atoms with van der Waals surface area (Å²) in [6, 6.07) is 3.83. The Kier molecular flexibility index (Phi) is 5.33. The highest BCUT2D eigenvalue weighted by atomic mass is 32.2. The van der Waals surface area contributed by atoms with E-state index >= 15 is 0 Å². The number of hydrogen-bond donors (Lipinski definition) is 1. The molecule has 2 heterocycles. The quantitative estimate of drug-likeness (QED) is 0.839. The van der Waals surface area contributed by atoms with Gasteiger partial charge in [0.15, 0.2) is 0 Å². The van der Waals surface area contributed by atoms with Gasteiger partial charge in [-0.25, -0.2) is 18.1 Å². The first-order chi connectivity index (χ1) is 9.61. The Morgan fingerprint density at radius 1 is 1.35 bits per heavy atom. The summed E-state index contributed by atoms with van der Waals surface area (Å²) in [6.45, 7) is 5.27. The highest BCUT2D eigenvalue weighted by molar-refractivity contribution is 7.89. The van der Waals surface area contributed by atoms with Gasteiger partial charge in [-0.2, -0.15) is 0 Å². The van der Waals surface area contributed by atoms with Gasteiger partial charge in [0.2, 0.25) is 10.0 Å². The summed E-state index contributed by atoms with van der Waals surface area (Å²) in [7, 11) is -3.17. The van der Waals surface area contributed by atoms with E-state index in [4.69, 9.17) is 4.74 Å². The summed E-state index contributed by atoms with van der Waals surface area (Å²) in [5, 5.41) is 0. The number of nitrogens with one attached hydrogen (secondary N) is 1. The van der Waals surface area contributed by atoms with Crippen molar-refractivity contribution in [2.75, 3.05) is 37.0 Å². The zero-order valence-corrected chi connectivity index (χ0v) is 12.5. The summed E-state index contributed by atoms with van der Waals surface area (Å²) in [6.07, 6.45) is 2.34. The van der Waals surface area contributed by atoms with Crippen molar-refractivity contribution < 1.29 is 13.2 Å². The molecule has 1 aromatic heterocycles. The highest BCUT2D eigenvalue weighted by Crippen LogP contribution is 2.13. The van der Waals surface area contributed by atoms with Crippen molar-refractivity contribution >= 4 is 15.8 Å². The normalized spacial score (nSPS) is 16.4. The molecule has 0 aliphatic carbocycles. The molecule has 112 valence electrons. The molecule has 1 fully saturated rings. The molecular formula is C13H21N3O3S. The molecule has 20 heavy (non-hydrogen) atoms. The Morgan fingerprint density at radius 3 is 2.70 bits per heavy atom. The first-order valence-corrected chi connectivity index (χ1v) is 8.51. The number of aromatic nitrogens is 1. The molecule has 0 radical (unpaired) electrons. The van der Waals surface area contributed by atoms with Gasteiger partial charge in [0.25, 0.3) is 0 Å². The molecule has 1 saturated heterocycles. The Labute approximate surface area is 120 Å². The fraction of sp³-hybridized carbons (Fsp3) is 0.615. The van der Waals surface area contributed by atoms with Crippen LogP contribution in [-0.2, 0) is 21.3 Å². The maximum Gasteiger partial charge on any atom is 0.211 e. The molecule has 0 atom stereocenters. The molecule has 2 rings (SSSR count). The van der Waals surface area contributed by atoms with E-state index in [-0.39, 0.29) is 5.75 Å². The lowest BCUT2D eigenvalue weighted by atomic mass is 10.3. The van der Waals surface area contributed by atoms with Crippen molar-refractivity contribution in [3.63, 3.8) is 0 Å². The van der Waals surface area contributed by atoms with Crippen LogP contribution in [0.15, 0.2) is 18.3 Å². The van der Waals surface area contributed by atoms with Crippen molar-refractivity contribution in [1.82, 2.24) is 9.71 Å². The minimum atomic E-state index is -3.17. The lowest BCUT2D eigenvalue weighted by Gasteiger charge is -2.27. The maximum atomic E-state index is 11.6. The molecule has 0 spiro atoms. The SMILES string of the molecule is CCCS(=O)(=O)NCc1ccc(N2CCOCC2)nc1. The molecule has 0 aromatic carbocycles. The summed E-state index contributed by atoms with van der Waals surface area (Å²) in [5.41, 5.74) is 0.863. The summed E-state index contributed by atoms with van der Waals surface area (Å²) >= 11 is 0. The average molecular weight is 299 g/mol. The smallest absolute Gasteiger partial charge is 0.211 e. The molecule has 0 bridgehead atoms. The highest BCUT2D eigenvalue weighted by Gasteiger charge is 2.12. The van der Waals surface area contributed by atoms with E-state index in [2.05, 4.69) is 14.6 Å². The molecule has 1 aromatic rings. The van der Waals surface area contributed by atoms with Crippen molar-refractivity contribution in [3.8, 4) is 0 Å². The van der Waals surface area contributed by atoms with E-state index < -0.39 is 10.0 Å². The van der Waals surface area contributed by atoms with Crippen LogP contribution in [0.4, 0.5) is 5.82 Å². The van der Waals surface area contributed by atoms with E-state index in [0.717, 1.165) is 37.7 Å². The standard InChI is InChI=1S/C13H21N3O3S/c1-2-9-20(17,18)15-11-12-3-4-13(14-10-12)16-5-7-19-8-6-16/h3-4,10,15H,2,5-9,11H2,1H3. The Morgan fingerprint density at radius 2 is 2.10 bits per heavy atom. The predicted molar refractivity (Wildman–Crippen MR) is 78.2 cm³/mol. The zero-order chi connectivity index (χ0) is 14.4. The average Bonchev–Trinajstić information content (AvgIpc) is 2.47. The van der Waals surface area contributed by atoms with E-state index in [9.17, 15) is 8.42 Å². The molecule has 1 aliphatic heterocycles. The topological polar surface area (TPSA) is 71.5 Å². The van der Waals surface area contributed by atoms with Gasteiger partial charge in [-0.3, -0.25) is 0 Å². The Bertz CT molecular complexity index is 510. The van der Waals surface area contributed by atoms with Crippen LogP contribution < -0.4 is 9.62 Å². The fourth-order valence-corrected chi connectivity index (χ4v) is 3.10. The Balaban J connectivity index is 1.91. The van der Waals surface area contributed by atoms with Crippen LogP contribution in [0.25, 0.3) is 0 Å². The van der Waals surface area contributed by atoms with Crippen LogP contribution in [0, 0.1) is 0 Å². The minimum absolute atomic E-state index is 0.159. The van der Waals surface area contributed by atoms with Crippen molar-refractivity contribution in [2.24, 2.45) is 0 Å². The monoisotopic (exact) mass is 299 g/mol. The number of anilines is 1. The van der Waals surface area contributed by atoms with Crippen molar-refractivity contribution in [2.45, 2.75) is 19.9 Å². The minimum Gasteiger partial charge on any atom is -0.378 e. The van der Waals surface area contributed by atoms with E-state index in [1.54, 1.807) is 6.20 Å². The largest absolute Gasteiger partial charge is 0.378 e. The fourth-order valence-electron chi connectivity index (χ4n) is 2.03. The third-order valence-corrected chi connectivity index (χ3v) is 4.64. The molecule has 7 heteroatoms. The number of pyridine rings is 1. The molecule has 1 N–H and O–H groups in total. The van der Waals surface area contributed by atoms with Crippen LogP contribution in [0.5, 0.6) is 0 Å². The van der Waals surface area contributed by atoms with Crippen LogP contribution >= 0.6 is 0 Å².